The van der Waals surface area contributed by atoms with Crippen LogP contribution in [0.5, 0.6) is 0 Å². The lowest BCUT2D eigenvalue weighted by atomic mass is 9.87. The minimum atomic E-state index is -0.672. The Balaban J connectivity index is 1.79. The summed E-state index contributed by atoms with van der Waals surface area (Å²) in [6.45, 7) is 2.54. The highest BCUT2D eigenvalue weighted by atomic mass is 16.5. The van der Waals surface area contributed by atoms with E-state index in [-0.39, 0.29) is 12.0 Å². The van der Waals surface area contributed by atoms with E-state index in [1.165, 1.54) is 0 Å². The van der Waals surface area contributed by atoms with Crippen LogP contribution in [0.25, 0.3) is 0 Å². The molecule has 0 spiro atoms. The van der Waals surface area contributed by atoms with Crippen LogP contribution >= 0.6 is 0 Å². The predicted octanol–water partition coefficient (Wildman–Crippen LogP) is 2.55. The quantitative estimate of drug-likeness (QED) is 0.890. The van der Waals surface area contributed by atoms with Gasteiger partial charge >= 0.3 is 5.97 Å². The molecule has 0 amide bonds. The van der Waals surface area contributed by atoms with Gasteiger partial charge in [-0.25, -0.2) is 0 Å². The van der Waals surface area contributed by atoms with E-state index in [0.717, 1.165) is 36.9 Å². The third-order valence-corrected chi connectivity index (χ3v) is 3.60. The Morgan fingerprint density at radius 1 is 1.44 bits per heavy atom. The number of rotatable bonds is 4. The molecule has 2 rings (SSSR count). The summed E-state index contributed by atoms with van der Waals surface area (Å²) in [6, 6.07) is 3.93. The number of aliphatic carboxylic acids is 1. The summed E-state index contributed by atoms with van der Waals surface area (Å²) in [5, 5.41) is 8.92. The van der Waals surface area contributed by atoms with Crippen LogP contribution < -0.4 is 0 Å². The van der Waals surface area contributed by atoms with Gasteiger partial charge in [0.25, 0.3) is 0 Å². The Kier molecular flexibility index (Phi) is 4.31. The maximum Gasteiger partial charge on any atom is 0.306 e. The number of hydrogen-bond acceptors (Lipinski definition) is 3. The van der Waals surface area contributed by atoms with Gasteiger partial charge in [0.15, 0.2) is 0 Å². The largest absolute Gasteiger partial charge is 0.481 e. The molecule has 1 heterocycles. The highest BCUT2D eigenvalue weighted by Gasteiger charge is 2.26. The Morgan fingerprint density at radius 2 is 2.17 bits per heavy atom. The number of carboxylic acid groups (broad SMARTS) is 1. The van der Waals surface area contributed by atoms with E-state index in [2.05, 4.69) is 4.98 Å². The summed E-state index contributed by atoms with van der Waals surface area (Å²) < 4.78 is 5.82. The van der Waals surface area contributed by atoms with E-state index < -0.39 is 5.97 Å². The molecule has 0 unspecified atom stereocenters. The Bertz CT molecular complexity index is 411. The van der Waals surface area contributed by atoms with Crippen LogP contribution in [0.1, 0.15) is 36.9 Å². The fraction of sp³-hybridized carbons (Fsp3) is 0.571. The molecule has 1 aliphatic rings. The van der Waals surface area contributed by atoms with Crippen molar-refractivity contribution in [1.29, 1.82) is 0 Å². The minimum Gasteiger partial charge on any atom is -0.481 e. The van der Waals surface area contributed by atoms with Gasteiger partial charge in [0.1, 0.15) is 0 Å². The topological polar surface area (TPSA) is 59.4 Å². The van der Waals surface area contributed by atoms with Gasteiger partial charge in [-0.2, -0.15) is 0 Å². The molecule has 0 bridgehead atoms. The molecule has 0 radical (unpaired) electrons. The number of aromatic nitrogens is 1. The van der Waals surface area contributed by atoms with Gasteiger partial charge in [-0.3, -0.25) is 9.78 Å². The third kappa shape index (κ3) is 3.29. The maximum atomic E-state index is 10.8. The van der Waals surface area contributed by atoms with E-state index in [4.69, 9.17) is 9.84 Å². The summed E-state index contributed by atoms with van der Waals surface area (Å²) in [7, 11) is 0. The van der Waals surface area contributed by atoms with Crippen molar-refractivity contribution in [3.63, 3.8) is 0 Å². The first-order chi connectivity index (χ1) is 8.66. The predicted molar refractivity (Wildman–Crippen MR) is 67.1 cm³/mol. The number of pyridine rings is 1. The van der Waals surface area contributed by atoms with Crippen molar-refractivity contribution >= 4 is 5.97 Å². The standard InChI is InChI=1S/C14H19NO3/c1-10-3-2-8-15-13(10)9-18-12-6-4-11(5-7-12)14(16)17/h2-3,8,11-12H,4-7,9H2,1H3,(H,16,17). The molecule has 1 aliphatic carbocycles. The van der Waals surface area contributed by atoms with Crippen molar-refractivity contribution in [2.24, 2.45) is 5.92 Å². The number of ether oxygens (including phenoxy) is 1. The number of nitrogens with zero attached hydrogens (tertiary/aromatic N) is 1. The molecule has 0 saturated heterocycles. The van der Waals surface area contributed by atoms with Gasteiger partial charge < -0.3 is 9.84 Å². The lowest BCUT2D eigenvalue weighted by molar-refractivity contribution is -0.143. The van der Waals surface area contributed by atoms with E-state index in [0.29, 0.717) is 6.61 Å². The van der Waals surface area contributed by atoms with Crippen molar-refractivity contribution in [3.8, 4) is 0 Å². The Hall–Kier alpha value is -1.42. The zero-order valence-electron chi connectivity index (χ0n) is 10.6. The molecule has 0 atom stereocenters. The van der Waals surface area contributed by atoms with Crippen LogP contribution in [-0.4, -0.2) is 22.2 Å². The zero-order valence-corrected chi connectivity index (χ0v) is 10.6. The average Bonchev–Trinajstić information content (AvgIpc) is 2.38. The monoisotopic (exact) mass is 249 g/mol. The molecule has 4 nitrogen and oxygen atoms in total. The number of carbonyl (C=O) groups is 1. The van der Waals surface area contributed by atoms with E-state index in [1.807, 2.05) is 19.1 Å². The number of hydrogen-bond donors (Lipinski definition) is 1. The van der Waals surface area contributed by atoms with E-state index in [9.17, 15) is 4.79 Å². The van der Waals surface area contributed by atoms with Crippen molar-refractivity contribution in [1.82, 2.24) is 4.98 Å². The number of carboxylic acids is 1. The van der Waals surface area contributed by atoms with Crippen molar-refractivity contribution in [2.45, 2.75) is 45.3 Å². The molecule has 1 saturated carbocycles. The van der Waals surface area contributed by atoms with Crippen LogP contribution in [0.3, 0.4) is 0 Å². The molecule has 4 heteroatoms. The minimum absolute atomic E-state index is 0.179. The van der Waals surface area contributed by atoms with Gasteiger partial charge in [0.2, 0.25) is 0 Å². The summed E-state index contributed by atoms with van der Waals surface area (Å²) >= 11 is 0. The molecule has 18 heavy (non-hydrogen) atoms. The second-order valence-corrected chi connectivity index (χ2v) is 4.89. The van der Waals surface area contributed by atoms with Gasteiger partial charge in [-0.15, -0.1) is 0 Å². The molecule has 98 valence electrons. The first kappa shape index (κ1) is 13.0. The SMILES string of the molecule is Cc1cccnc1COC1CCC(C(=O)O)CC1. The molecule has 1 aromatic rings. The molecule has 1 fully saturated rings. The normalized spacial score (nSPS) is 23.8. The lowest BCUT2D eigenvalue weighted by Gasteiger charge is -2.26. The molecule has 1 aromatic heterocycles. The smallest absolute Gasteiger partial charge is 0.306 e. The van der Waals surface area contributed by atoms with E-state index in [1.54, 1.807) is 6.20 Å². The fourth-order valence-corrected chi connectivity index (χ4v) is 2.34. The fourth-order valence-electron chi connectivity index (χ4n) is 2.34. The van der Waals surface area contributed by atoms with Gasteiger partial charge in [0.05, 0.1) is 24.3 Å². The zero-order chi connectivity index (χ0) is 13.0. The summed E-state index contributed by atoms with van der Waals surface area (Å²) in [5.74, 6) is -0.851. The maximum absolute atomic E-state index is 10.8. The highest BCUT2D eigenvalue weighted by Crippen LogP contribution is 2.27. The average molecular weight is 249 g/mol. The molecular formula is C14H19NO3. The molecule has 0 aliphatic heterocycles. The second-order valence-electron chi connectivity index (χ2n) is 4.89. The molecule has 0 aromatic carbocycles. The Labute approximate surface area is 107 Å². The van der Waals surface area contributed by atoms with Crippen molar-refractivity contribution < 1.29 is 14.6 Å². The number of aryl methyl sites for hydroxylation is 1. The van der Waals surface area contributed by atoms with Crippen LogP contribution in [0, 0.1) is 12.8 Å². The first-order valence-electron chi connectivity index (χ1n) is 6.41. The molecular weight excluding hydrogens is 230 g/mol. The van der Waals surface area contributed by atoms with E-state index >= 15 is 0 Å². The van der Waals surface area contributed by atoms with Gasteiger partial charge in [-0.1, -0.05) is 6.07 Å². The van der Waals surface area contributed by atoms with Crippen LogP contribution in [0.4, 0.5) is 0 Å². The first-order valence-corrected chi connectivity index (χ1v) is 6.41. The van der Waals surface area contributed by atoms with Gasteiger partial charge in [-0.05, 0) is 44.2 Å². The van der Waals surface area contributed by atoms with Gasteiger partial charge in [0, 0.05) is 6.20 Å². The molecule has 1 N–H and O–H groups in total. The Morgan fingerprint density at radius 3 is 2.78 bits per heavy atom. The van der Waals surface area contributed by atoms with Crippen LogP contribution in [0.15, 0.2) is 18.3 Å². The third-order valence-electron chi connectivity index (χ3n) is 3.60. The lowest BCUT2D eigenvalue weighted by Crippen LogP contribution is -2.26. The van der Waals surface area contributed by atoms with Crippen molar-refractivity contribution in [2.75, 3.05) is 0 Å². The second kappa shape index (κ2) is 5.96. The highest BCUT2D eigenvalue weighted by molar-refractivity contribution is 5.70. The summed E-state index contributed by atoms with van der Waals surface area (Å²) in [4.78, 5) is 15.1. The summed E-state index contributed by atoms with van der Waals surface area (Å²) in [6.07, 6.45) is 5.07. The van der Waals surface area contributed by atoms with Crippen LogP contribution in [0.2, 0.25) is 0 Å². The van der Waals surface area contributed by atoms with Crippen LogP contribution in [-0.2, 0) is 16.1 Å². The summed E-state index contributed by atoms with van der Waals surface area (Å²) in [5.41, 5.74) is 2.11. The van der Waals surface area contributed by atoms with Crippen molar-refractivity contribution in [3.05, 3.63) is 29.6 Å².